The van der Waals surface area contributed by atoms with Crippen LogP contribution in [0, 0.1) is 11.3 Å². The first-order valence-corrected chi connectivity index (χ1v) is 5.01. The Bertz CT molecular complexity index is 521. The molecule has 2 rings (SSSR count). The number of aromatic amines is 1. The monoisotopic (exact) mass is 236 g/mol. The summed E-state index contributed by atoms with van der Waals surface area (Å²) in [5.74, 6) is 0. The zero-order valence-corrected chi connectivity index (χ0v) is 9.10. The predicted octanol–water partition coefficient (Wildman–Crippen LogP) is 3.86. The Labute approximate surface area is 97.1 Å². The summed E-state index contributed by atoms with van der Waals surface area (Å²) in [7, 11) is 0. The summed E-state index contributed by atoms with van der Waals surface area (Å²) in [6.45, 7) is 0. The van der Waals surface area contributed by atoms with E-state index >= 15 is 0 Å². The second-order valence-electron chi connectivity index (χ2n) is 3.01. The third-order valence-corrected chi connectivity index (χ3v) is 2.63. The van der Waals surface area contributed by atoms with Gasteiger partial charge in [-0.15, -0.1) is 0 Å². The first-order valence-electron chi connectivity index (χ1n) is 4.25. The van der Waals surface area contributed by atoms with Crippen LogP contribution in [-0.4, -0.2) is 4.98 Å². The lowest BCUT2D eigenvalue weighted by Crippen LogP contribution is -1.80. The molecule has 0 bridgehead atoms. The highest BCUT2D eigenvalue weighted by atomic mass is 35.5. The van der Waals surface area contributed by atoms with Gasteiger partial charge in [0.1, 0.15) is 6.07 Å². The van der Waals surface area contributed by atoms with E-state index in [9.17, 15) is 0 Å². The molecule has 1 aromatic heterocycles. The van der Waals surface area contributed by atoms with E-state index in [1.54, 1.807) is 18.3 Å². The van der Waals surface area contributed by atoms with Crippen molar-refractivity contribution in [2.75, 3.05) is 0 Å². The van der Waals surface area contributed by atoms with Crippen LogP contribution in [0.2, 0.25) is 10.0 Å². The van der Waals surface area contributed by atoms with Gasteiger partial charge in [0.15, 0.2) is 0 Å². The lowest BCUT2D eigenvalue weighted by Gasteiger charge is -1.98. The van der Waals surface area contributed by atoms with Crippen molar-refractivity contribution >= 4 is 23.2 Å². The minimum Gasteiger partial charge on any atom is -0.359 e. The highest BCUT2D eigenvalue weighted by Gasteiger charge is 2.10. The quantitative estimate of drug-likeness (QED) is 0.803. The molecule has 2 aromatic rings. The second-order valence-corrected chi connectivity index (χ2v) is 3.85. The lowest BCUT2D eigenvalue weighted by molar-refractivity contribution is 1.39. The first-order chi connectivity index (χ1) is 7.22. The minimum atomic E-state index is 0.433. The molecule has 0 aliphatic heterocycles. The third-order valence-electron chi connectivity index (χ3n) is 2.08. The van der Waals surface area contributed by atoms with Gasteiger partial charge in [-0.3, -0.25) is 0 Å². The molecule has 4 heteroatoms. The van der Waals surface area contributed by atoms with Gasteiger partial charge in [0.25, 0.3) is 0 Å². The molecule has 74 valence electrons. The van der Waals surface area contributed by atoms with Gasteiger partial charge in [-0.1, -0.05) is 35.3 Å². The van der Waals surface area contributed by atoms with Crippen molar-refractivity contribution in [1.82, 2.24) is 4.98 Å². The van der Waals surface area contributed by atoms with Gasteiger partial charge in [0.2, 0.25) is 0 Å². The van der Waals surface area contributed by atoms with Crippen LogP contribution < -0.4 is 0 Å². The summed E-state index contributed by atoms with van der Waals surface area (Å²) in [6, 6.07) is 9.28. The number of H-pyrrole nitrogens is 1. The van der Waals surface area contributed by atoms with E-state index in [1.165, 1.54) is 0 Å². The highest BCUT2D eigenvalue weighted by Crippen LogP contribution is 2.28. The summed E-state index contributed by atoms with van der Waals surface area (Å²) in [6.07, 6.45) is 1.60. The third kappa shape index (κ3) is 1.85. The number of nitriles is 1. The van der Waals surface area contributed by atoms with Crippen LogP contribution in [0.25, 0.3) is 11.3 Å². The summed E-state index contributed by atoms with van der Waals surface area (Å²) < 4.78 is 0. The number of nitrogens with zero attached hydrogens (tertiary/aromatic N) is 1. The average Bonchev–Trinajstić information content (AvgIpc) is 2.61. The molecule has 0 atom stereocenters. The number of nitrogens with one attached hydrogen (secondary N) is 1. The summed E-state index contributed by atoms with van der Waals surface area (Å²) in [5.41, 5.74) is 2.07. The molecule has 0 radical (unpaired) electrons. The topological polar surface area (TPSA) is 39.6 Å². The number of rotatable bonds is 1. The number of aromatic nitrogens is 1. The lowest BCUT2D eigenvalue weighted by atomic mass is 10.1. The predicted molar refractivity (Wildman–Crippen MR) is 61.0 cm³/mol. The van der Waals surface area contributed by atoms with Crippen molar-refractivity contribution < 1.29 is 0 Å². The molecule has 2 nitrogen and oxygen atoms in total. The number of hydrogen-bond acceptors (Lipinski definition) is 1. The fourth-order valence-corrected chi connectivity index (χ4v) is 1.67. The molecule has 0 aliphatic carbocycles. The zero-order valence-electron chi connectivity index (χ0n) is 7.59. The molecule has 0 fully saturated rings. The zero-order chi connectivity index (χ0) is 10.8. The van der Waals surface area contributed by atoms with Gasteiger partial charge in [-0.2, -0.15) is 5.26 Å². The first kappa shape index (κ1) is 10.1. The Balaban J connectivity index is 2.55. The van der Waals surface area contributed by atoms with Crippen LogP contribution in [-0.2, 0) is 0 Å². The standard InChI is InChI=1S/C11H6Cl2N2/c12-8-3-1-7(2-4-8)11-9(5-14)10(13)6-15-11/h1-4,6,15H. The molecule has 0 spiro atoms. The summed E-state index contributed by atoms with van der Waals surface area (Å²) in [4.78, 5) is 2.96. The fraction of sp³-hybridized carbons (Fsp3) is 0. The molecule has 0 aliphatic rings. The van der Waals surface area contributed by atoms with E-state index in [-0.39, 0.29) is 0 Å². The van der Waals surface area contributed by atoms with Crippen LogP contribution in [0.5, 0.6) is 0 Å². The van der Waals surface area contributed by atoms with Crippen LogP contribution in [0.15, 0.2) is 30.5 Å². The molecule has 0 amide bonds. The molecule has 0 saturated heterocycles. The van der Waals surface area contributed by atoms with Gasteiger partial charge in [-0.05, 0) is 17.7 Å². The van der Waals surface area contributed by atoms with Crippen LogP contribution in [0.1, 0.15) is 5.56 Å². The van der Waals surface area contributed by atoms with E-state index in [2.05, 4.69) is 11.1 Å². The van der Waals surface area contributed by atoms with Crippen LogP contribution in [0.4, 0.5) is 0 Å². The maximum Gasteiger partial charge on any atom is 0.103 e. The Kier molecular flexibility index (Phi) is 2.68. The smallest absolute Gasteiger partial charge is 0.103 e. The SMILES string of the molecule is N#Cc1c(Cl)c[nH]c1-c1ccc(Cl)cc1. The molecule has 0 saturated carbocycles. The van der Waals surface area contributed by atoms with Crippen LogP contribution >= 0.6 is 23.2 Å². The molecule has 1 aromatic carbocycles. The summed E-state index contributed by atoms with van der Waals surface area (Å²) >= 11 is 11.6. The largest absolute Gasteiger partial charge is 0.359 e. The van der Waals surface area contributed by atoms with Crippen molar-refractivity contribution in [3.8, 4) is 17.3 Å². The maximum absolute atomic E-state index is 8.92. The Hall–Kier alpha value is -1.43. The highest BCUT2D eigenvalue weighted by molar-refractivity contribution is 6.32. The number of hydrogen-bond donors (Lipinski definition) is 1. The molecule has 1 heterocycles. The van der Waals surface area contributed by atoms with E-state index in [1.807, 2.05) is 12.1 Å². The van der Waals surface area contributed by atoms with Crippen LogP contribution in [0.3, 0.4) is 0 Å². The maximum atomic E-state index is 8.92. The Morgan fingerprint density at radius 1 is 1.13 bits per heavy atom. The van der Waals surface area contributed by atoms with E-state index in [0.717, 1.165) is 11.3 Å². The molecular formula is C11H6Cl2N2. The molecular weight excluding hydrogens is 231 g/mol. The van der Waals surface area contributed by atoms with Gasteiger partial charge in [-0.25, -0.2) is 0 Å². The van der Waals surface area contributed by atoms with Gasteiger partial charge >= 0.3 is 0 Å². The number of benzene rings is 1. The second kappa shape index (κ2) is 3.98. The molecule has 15 heavy (non-hydrogen) atoms. The molecule has 1 N–H and O–H groups in total. The van der Waals surface area contributed by atoms with Gasteiger partial charge < -0.3 is 4.98 Å². The number of halogens is 2. The van der Waals surface area contributed by atoms with E-state index in [4.69, 9.17) is 28.5 Å². The summed E-state index contributed by atoms with van der Waals surface area (Å²) in [5, 5.41) is 10.0. The van der Waals surface area contributed by atoms with Crippen molar-refractivity contribution in [1.29, 1.82) is 5.26 Å². The van der Waals surface area contributed by atoms with Crippen molar-refractivity contribution in [2.45, 2.75) is 0 Å². The van der Waals surface area contributed by atoms with E-state index in [0.29, 0.717) is 15.6 Å². The van der Waals surface area contributed by atoms with Crippen molar-refractivity contribution in [3.05, 3.63) is 46.1 Å². The molecule has 0 unspecified atom stereocenters. The van der Waals surface area contributed by atoms with E-state index < -0.39 is 0 Å². The normalized spacial score (nSPS) is 9.93. The van der Waals surface area contributed by atoms with Crippen molar-refractivity contribution in [3.63, 3.8) is 0 Å². The minimum absolute atomic E-state index is 0.433. The Morgan fingerprint density at radius 3 is 2.40 bits per heavy atom. The van der Waals surface area contributed by atoms with Crippen molar-refractivity contribution in [2.24, 2.45) is 0 Å². The average molecular weight is 237 g/mol. The van der Waals surface area contributed by atoms with Gasteiger partial charge in [0.05, 0.1) is 16.3 Å². The van der Waals surface area contributed by atoms with Gasteiger partial charge in [0, 0.05) is 11.2 Å². The fourth-order valence-electron chi connectivity index (χ4n) is 1.35. The Morgan fingerprint density at radius 2 is 1.80 bits per heavy atom.